The monoisotopic (exact) mass is 267 g/mol. The number of rotatable bonds is 8. The number of ether oxygens (including phenoxy) is 1. The molecule has 0 saturated carbocycles. The highest BCUT2D eigenvalue weighted by Crippen LogP contribution is 2.06. The molecule has 0 aliphatic rings. The molecule has 1 aromatic heterocycles. The summed E-state index contributed by atoms with van der Waals surface area (Å²) in [5.41, 5.74) is 6.39. The second-order valence-corrected chi connectivity index (χ2v) is 4.98. The molecule has 0 atom stereocenters. The van der Waals surface area contributed by atoms with Crippen LogP contribution < -0.4 is 11.1 Å². The van der Waals surface area contributed by atoms with E-state index >= 15 is 0 Å². The molecule has 0 aliphatic carbocycles. The van der Waals surface area contributed by atoms with Crippen LogP contribution in [0.3, 0.4) is 0 Å². The van der Waals surface area contributed by atoms with E-state index in [-0.39, 0.29) is 0 Å². The number of anilines is 1. The van der Waals surface area contributed by atoms with Gasteiger partial charge in [-0.1, -0.05) is 26.1 Å². The molecule has 3 N–H and O–H groups in total. The quantitative estimate of drug-likeness (QED) is 0.558. The largest absolute Gasteiger partial charge is 0.389 e. The zero-order valence-electron chi connectivity index (χ0n) is 11.0. The van der Waals surface area contributed by atoms with Crippen molar-refractivity contribution < 1.29 is 4.74 Å². The van der Waals surface area contributed by atoms with Gasteiger partial charge in [0, 0.05) is 31.5 Å². The van der Waals surface area contributed by atoms with Crippen LogP contribution in [0.2, 0.25) is 0 Å². The Morgan fingerprint density at radius 1 is 1.56 bits per heavy atom. The third-order valence-electron chi connectivity index (χ3n) is 2.27. The Bertz CT molecular complexity index is 382. The molecule has 1 rings (SSSR count). The summed E-state index contributed by atoms with van der Waals surface area (Å²) in [5.74, 6) is 1.38. The first kappa shape index (κ1) is 14.9. The fourth-order valence-corrected chi connectivity index (χ4v) is 1.52. The van der Waals surface area contributed by atoms with Crippen molar-refractivity contribution in [1.82, 2.24) is 4.98 Å². The standard InChI is InChI=1S/C13H21N3OS/c1-10(2)9-17-7-3-5-15-12-8-11(13(14)18)4-6-16-12/h4,6,8,10H,3,5,7,9H2,1-2H3,(H2,14,18)(H,15,16). The smallest absolute Gasteiger partial charge is 0.126 e. The van der Waals surface area contributed by atoms with Gasteiger partial charge in [0.1, 0.15) is 10.8 Å². The van der Waals surface area contributed by atoms with Gasteiger partial charge >= 0.3 is 0 Å². The van der Waals surface area contributed by atoms with Crippen molar-refractivity contribution in [2.24, 2.45) is 11.7 Å². The molecule has 100 valence electrons. The summed E-state index contributed by atoms with van der Waals surface area (Å²) in [4.78, 5) is 4.59. The van der Waals surface area contributed by atoms with Crippen molar-refractivity contribution in [2.75, 3.05) is 25.1 Å². The minimum Gasteiger partial charge on any atom is -0.389 e. The third-order valence-corrected chi connectivity index (χ3v) is 2.50. The molecular formula is C13H21N3OS. The molecule has 5 heteroatoms. The van der Waals surface area contributed by atoms with E-state index in [4.69, 9.17) is 22.7 Å². The minimum atomic E-state index is 0.390. The van der Waals surface area contributed by atoms with Crippen LogP contribution in [0.25, 0.3) is 0 Å². The highest BCUT2D eigenvalue weighted by molar-refractivity contribution is 7.80. The van der Waals surface area contributed by atoms with Gasteiger partial charge in [-0.15, -0.1) is 0 Å². The second kappa shape index (κ2) is 8.00. The number of hydrogen-bond acceptors (Lipinski definition) is 4. The highest BCUT2D eigenvalue weighted by atomic mass is 32.1. The Balaban J connectivity index is 2.23. The summed E-state index contributed by atoms with van der Waals surface area (Å²) in [6.07, 6.45) is 2.65. The molecule has 0 unspecified atom stereocenters. The fraction of sp³-hybridized carbons (Fsp3) is 0.538. The van der Waals surface area contributed by atoms with Crippen molar-refractivity contribution in [3.63, 3.8) is 0 Å². The summed E-state index contributed by atoms with van der Waals surface area (Å²) in [5, 5.41) is 3.22. The topological polar surface area (TPSA) is 60.2 Å². The van der Waals surface area contributed by atoms with Crippen molar-refractivity contribution in [2.45, 2.75) is 20.3 Å². The van der Waals surface area contributed by atoms with Crippen LogP contribution in [0.4, 0.5) is 5.82 Å². The van der Waals surface area contributed by atoms with Crippen LogP contribution in [0.1, 0.15) is 25.8 Å². The molecule has 0 aliphatic heterocycles. The van der Waals surface area contributed by atoms with Gasteiger partial charge in [0.25, 0.3) is 0 Å². The number of aromatic nitrogens is 1. The van der Waals surface area contributed by atoms with Crippen molar-refractivity contribution in [1.29, 1.82) is 0 Å². The minimum absolute atomic E-state index is 0.390. The lowest BCUT2D eigenvalue weighted by Gasteiger charge is -2.08. The van der Waals surface area contributed by atoms with Gasteiger partial charge < -0.3 is 15.8 Å². The summed E-state index contributed by atoms with van der Waals surface area (Å²) in [6, 6.07) is 3.66. The number of hydrogen-bond donors (Lipinski definition) is 2. The first-order valence-electron chi connectivity index (χ1n) is 6.17. The lowest BCUT2D eigenvalue weighted by Crippen LogP contribution is -2.12. The van der Waals surface area contributed by atoms with E-state index in [1.807, 2.05) is 6.07 Å². The number of pyridine rings is 1. The van der Waals surface area contributed by atoms with Gasteiger partial charge in [-0.3, -0.25) is 0 Å². The van der Waals surface area contributed by atoms with Gasteiger partial charge in [-0.25, -0.2) is 4.98 Å². The molecule has 0 fully saturated rings. The number of nitrogens with two attached hydrogens (primary N) is 1. The second-order valence-electron chi connectivity index (χ2n) is 4.54. The summed E-state index contributed by atoms with van der Waals surface area (Å²) in [6.45, 7) is 6.69. The van der Waals surface area contributed by atoms with Crippen LogP contribution in [0, 0.1) is 5.92 Å². The lowest BCUT2D eigenvalue weighted by atomic mass is 10.2. The SMILES string of the molecule is CC(C)COCCCNc1cc(C(N)=S)ccn1. The Hall–Kier alpha value is -1.20. The van der Waals surface area contributed by atoms with Crippen LogP contribution in [-0.4, -0.2) is 29.7 Å². The molecule has 1 aromatic rings. The van der Waals surface area contributed by atoms with Crippen LogP contribution >= 0.6 is 12.2 Å². The van der Waals surface area contributed by atoms with E-state index in [0.717, 1.165) is 37.6 Å². The van der Waals surface area contributed by atoms with E-state index in [2.05, 4.69) is 24.1 Å². The predicted octanol–water partition coefficient (Wildman–Crippen LogP) is 2.19. The number of thiocarbonyl (C=S) groups is 1. The molecule has 0 bridgehead atoms. The zero-order valence-corrected chi connectivity index (χ0v) is 11.8. The Morgan fingerprint density at radius 2 is 2.33 bits per heavy atom. The summed E-state index contributed by atoms with van der Waals surface area (Å²) in [7, 11) is 0. The number of nitrogens with zero attached hydrogens (tertiary/aromatic N) is 1. The molecule has 4 nitrogen and oxygen atoms in total. The zero-order chi connectivity index (χ0) is 13.4. The van der Waals surface area contributed by atoms with Gasteiger partial charge in [0.2, 0.25) is 0 Å². The van der Waals surface area contributed by atoms with Gasteiger partial charge in [-0.2, -0.15) is 0 Å². The van der Waals surface area contributed by atoms with Gasteiger partial charge in [-0.05, 0) is 24.5 Å². The Morgan fingerprint density at radius 3 is 3.00 bits per heavy atom. The molecule has 0 saturated heterocycles. The summed E-state index contributed by atoms with van der Waals surface area (Å²) < 4.78 is 5.49. The molecule has 0 aromatic carbocycles. The molecular weight excluding hydrogens is 246 g/mol. The molecule has 0 radical (unpaired) electrons. The van der Waals surface area contributed by atoms with E-state index in [1.54, 1.807) is 12.3 Å². The van der Waals surface area contributed by atoms with E-state index in [0.29, 0.717) is 10.9 Å². The molecule has 0 amide bonds. The van der Waals surface area contributed by atoms with Gasteiger partial charge in [0.05, 0.1) is 0 Å². The maximum Gasteiger partial charge on any atom is 0.126 e. The van der Waals surface area contributed by atoms with Crippen LogP contribution in [0.15, 0.2) is 18.3 Å². The Kier molecular flexibility index (Phi) is 6.60. The van der Waals surface area contributed by atoms with E-state index in [9.17, 15) is 0 Å². The maximum atomic E-state index is 5.56. The first-order valence-corrected chi connectivity index (χ1v) is 6.58. The number of nitrogens with one attached hydrogen (secondary N) is 1. The Labute approximate surface area is 114 Å². The first-order chi connectivity index (χ1) is 8.59. The van der Waals surface area contributed by atoms with Crippen molar-refractivity contribution in [3.05, 3.63) is 23.9 Å². The van der Waals surface area contributed by atoms with E-state index < -0.39 is 0 Å². The fourth-order valence-electron chi connectivity index (χ4n) is 1.39. The van der Waals surface area contributed by atoms with Crippen LogP contribution in [0.5, 0.6) is 0 Å². The van der Waals surface area contributed by atoms with Crippen LogP contribution in [-0.2, 0) is 4.74 Å². The molecule has 1 heterocycles. The third kappa shape index (κ3) is 5.93. The highest BCUT2D eigenvalue weighted by Gasteiger charge is 1.99. The molecule has 0 spiro atoms. The van der Waals surface area contributed by atoms with Crippen molar-refractivity contribution >= 4 is 23.0 Å². The average molecular weight is 267 g/mol. The average Bonchev–Trinajstić information content (AvgIpc) is 2.33. The van der Waals surface area contributed by atoms with Gasteiger partial charge in [0.15, 0.2) is 0 Å². The predicted molar refractivity (Wildman–Crippen MR) is 78.9 cm³/mol. The lowest BCUT2D eigenvalue weighted by molar-refractivity contribution is 0.110. The molecule has 18 heavy (non-hydrogen) atoms. The normalized spacial score (nSPS) is 10.6. The summed E-state index contributed by atoms with van der Waals surface area (Å²) >= 11 is 4.92. The van der Waals surface area contributed by atoms with E-state index in [1.165, 1.54) is 0 Å². The maximum absolute atomic E-state index is 5.56. The van der Waals surface area contributed by atoms with Crippen molar-refractivity contribution in [3.8, 4) is 0 Å².